The normalized spacial score (nSPS) is 11.9. The number of hydrogen-bond acceptors (Lipinski definition) is 3. The van der Waals surface area contributed by atoms with E-state index in [9.17, 15) is 9.59 Å². The predicted octanol–water partition coefficient (Wildman–Crippen LogP) is 6.07. The highest BCUT2D eigenvalue weighted by Gasteiger charge is 2.39. The van der Waals surface area contributed by atoms with E-state index in [0.717, 1.165) is 26.7 Å². The van der Waals surface area contributed by atoms with Gasteiger partial charge in [-0.2, -0.15) is 0 Å². The Bertz CT molecular complexity index is 1180. The second kappa shape index (κ2) is 11.8. The zero-order valence-electron chi connectivity index (χ0n) is 20.1. The number of benzene rings is 4. The van der Waals surface area contributed by atoms with Gasteiger partial charge in [-0.25, -0.2) is 4.79 Å². The van der Waals surface area contributed by atoms with Gasteiger partial charge in [0.2, 0.25) is 5.91 Å². The SMILES string of the molecule is COC(=O)[C@H](Cc1ccc(Br)cc1)NC(=O)CC(c1ccccc1)(c1ccccc1)c1ccccc1. The Morgan fingerprint density at radius 3 is 1.61 bits per heavy atom. The minimum absolute atomic E-state index is 0.124. The molecule has 4 aromatic rings. The quantitative estimate of drug-likeness (QED) is 0.206. The number of methoxy groups -OCH3 is 1. The average molecular weight is 542 g/mol. The Balaban J connectivity index is 1.73. The third-order valence-electron chi connectivity index (χ3n) is 6.40. The highest BCUT2D eigenvalue weighted by Crippen LogP contribution is 2.42. The Morgan fingerprint density at radius 1 is 0.750 bits per heavy atom. The lowest BCUT2D eigenvalue weighted by molar-refractivity contribution is -0.145. The van der Waals surface area contributed by atoms with Gasteiger partial charge in [-0.3, -0.25) is 4.79 Å². The van der Waals surface area contributed by atoms with Crippen LogP contribution >= 0.6 is 15.9 Å². The molecule has 4 nitrogen and oxygen atoms in total. The number of rotatable bonds is 9. The number of amides is 1. The van der Waals surface area contributed by atoms with Crippen LogP contribution in [-0.4, -0.2) is 25.0 Å². The van der Waals surface area contributed by atoms with Crippen LogP contribution in [-0.2, 0) is 26.2 Å². The molecule has 0 heterocycles. The van der Waals surface area contributed by atoms with Gasteiger partial charge in [0.15, 0.2) is 0 Å². The maximum Gasteiger partial charge on any atom is 0.328 e. The molecule has 0 radical (unpaired) electrons. The van der Waals surface area contributed by atoms with E-state index in [-0.39, 0.29) is 12.3 Å². The van der Waals surface area contributed by atoms with Crippen LogP contribution in [0.25, 0.3) is 0 Å². The first-order valence-corrected chi connectivity index (χ1v) is 12.6. The third-order valence-corrected chi connectivity index (χ3v) is 6.93. The minimum Gasteiger partial charge on any atom is -0.467 e. The number of carbonyl (C=O) groups is 2. The van der Waals surface area contributed by atoms with E-state index in [1.807, 2.05) is 115 Å². The summed E-state index contributed by atoms with van der Waals surface area (Å²) >= 11 is 3.43. The van der Waals surface area contributed by atoms with Gasteiger partial charge in [0.25, 0.3) is 0 Å². The van der Waals surface area contributed by atoms with Crippen LogP contribution in [0.15, 0.2) is 120 Å². The Morgan fingerprint density at radius 2 is 1.19 bits per heavy atom. The summed E-state index contributed by atoms with van der Waals surface area (Å²) < 4.78 is 5.98. The molecular formula is C31H28BrNO3. The van der Waals surface area contributed by atoms with Crippen molar-refractivity contribution < 1.29 is 14.3 Å². The molecular weight excluding hydrogens is 514 g/mol. The van der Waals surface area contributed by atoms with Gasteiger partial charge >= 0.3 is 5.97 Å². The number of halogens is 1. The van der Waals surface area contributed by atoms with Gasteiger partial charge in [-0.05, 0) is 34.4 Å². The van der Waals surface area contributed by atoms with Gasteiger partial charge in [-0.15, -0.1) is 0 Å². The molecule has 4 aromatic carbocycles. The highest BCUT2D eigenvalue weighted by molar-refractivity contribution is 9.10. The van der Waals surface area contributed by atoms with Crippen LogP contribution in [0, 0.1) is 0 Å². The van der Waals surface area contributed by atoms with Crippen molar-refractivity contribution in [2.75, 3.05) is 7.11 Å². The van der Waals surface area contributed by atoms with Crippen molar-refractivity contribution in [3.05, 3.63) is 142 Å². The van der Waals surface area contributed by atoms with Gasteiger partial charge in [0, 0.05) is 17.3 Å². The van der Waals surface area contributed by atoms with Crippen LogP contribution < -0.4 is 5.32 Å². The fraction of sp³-hybridized carbons (Fsp3) is 0.161. The van der Waals surface area contributed by atoms with E-state index in [1.54, 1.807) is 0 Å². The van der Waals surface area contributed by atoms with Crippen LogP contribution in [0.3, 0.4) is 0 Å². The molecule has 0 spiro atoms. The van der Waals surface area contributed by atoms with Crippen LogP contribution in [0.1, 0.15) is 28.7 Å². The third kappa shape index (κ3) is 5.74. The molecule has 1 N–H and O–H groups in total. The first-order chi connectivity index (χ1) is 17.5. The van der Waals surface area contributed by atoms with E-state index in [0.29, 0.717) is 6.42 Å². The van der Waals surface area contributed by atoms with E-state index in [2.05, 4.69) is 21.2 Å². The van der Waals surface area contributed by atoms with Crippen LogP contribution in [0.4, 0.5) is 0 Å². The van der Waals surface area contributed by atoms with Crippen LogP contribution in [0.5, 0.6) is 0 Å². The Hall–Kier alpha value is -3.70. The molecule has 4 rings (SSSR count). The summed E-state index contributed by atoms with van der Waals surface area (Å²) in [4.78, 5) is 26.4. The highest BCUT2D eigenvalue weighted by atomic mass is 79.9. The topological polar surface area (TPSA) is 55.4 Å². The molecule has 0 bridgehead atoms. The van der Waals surface area contributed by atoms with Crippen molar-refractivity contribution in [2.45, 2.75) is 24.3 Å². The zero-order valence-corrected chi connectivity index (χ0v) is 21.6. The van der Waals surface area contributed by atoms with Crippen molar-refractivity contribution in [1.29, 1.82) is 0 Å². The average Bonchev–Trinajstić information content (AvgIpc) is 2.93. The predicted molar refractivity (Wildman–Crippen MR) is 146 cm³/mol. The number of nitrogens with one attached hydrogen (secondary N) is 1. The summed E-state index contributed by atoms with van der Waals surface area (Å²) in [6.45, 7) is 0. The molecule has 36 heavy (non-hydrogen) atoms. The summed E-state index contributed by atoms with van der Waals surface area (Å²) in [6, 6.07) is 37.0. The smallest absolute Gasteiger partial charge is 0.328 e. The molecule has 0 aliphatic carbocycles. The first kappa shape index (κ1) is 25.4. The Kier molecular flexibility index (Phi) is 8.34. The van der Waals surface area contributed by atoms with E-state index in [4.69, 9.17) is 4.74 Å². The standard InChI is InChI=1S/C31H28BrNO3/c1-36-30(35)28(21-23-17-19-27(32)20-18-23)33-29(34)22-31(24-11-5-2-6-12-24,25-13-7-3-8-14-25)26-15-9-4-10-16-26/h2-20,28H,21-22H2,1H3,(H,33,34)/t28-/m0/s1. The lowest BCUT2D eigenvalue weighted by Crippen LogP contribution is -2.46. The second-order valence-electron chi connectivity index (χ2n) is 8.65. The molecule has 0 saturated carbocycles. The molecule has 0 aliphatic heterocycles. The molecule has 5 heteroatoms. The monoisotopic (exact) mass is 541 g/mol. The van der Waals surface area contributed by atoms with Crippen LogP contribution in [0.2, 0.25) is 0 Å². The molecule has 0 saturated heterocycles. The maximum absolute atomic E-state index is 13.7. The van der Waals surface area contributed by atoms with Gasteiger partial charge in [0.1, 0.15) is 6.04 Å². The molecule has 0 aliphatic rings. The number of esters is 1. The van der Waals surface area contributed by atoms with Gasteiger partial charge < -0.3 is 10.1 Å². The van der Waals surface area contributed by atoms with Crippen molar-refractivity contribution in [2.24, 2.45) is 0 Å². The molecule has 0 unspecified atom stereocenters. The fourth-order valence-corrected chi connectivity index (χ4v) is 4.92. The van der Waals surface area contributed by atoms with E-state index >= 15 is 0 Å². The number of ether oxygens (including phenoxy) is 1. The molecule has 0 fully saturated rings. The molecule has 0 aromatic heterocycles. The zero-order chi connectivity index (χ0) is 25.4. The largest absolute Gasteiger partial charge is 0.467 e. The summed E-state index contributed by atoms with van der Waals surface area (Å²) in [5.41, 5.74) is 3.18. The van der Waals surface area contributed by atoms with Crippen molar-refractivity contribution >= 4 is 27.8 Å². The molecule has 1 atom stereocenters. The van der Waals surface area contributed by atoms with Gasteiger partial charge in [-0.1, -0.05) is 119 Å². The first-order valence-electron chi connectivity index (χ1n) is 11.8. The summed E-state index contributed by atoms with van der Waals surface area (Å²) in [5.74, 6) is -0.713. The maximum atomic E-state index is 13.7. The van der Waals surface area contributed by atoms with Crippen molar-refractivity contribution in [1.82, 2.24) is 5.32 Å². The number of carbonyl (C=O) groups excluding carboxylic acids is 2. The summed E-state index contributed by atoms with van der Waals surface area (Å²) in [5, 5.41) is 2.97. The second-order valence-corrected chi connectivity index (χ2v) is 9.57. The van der Waals surface area contributed by atoms with Gasteiger partial charge in [0.05, 0.1) is 12.5 Å². The van der Waals surface area contributed by atoms with Crippen molar-refractivity contribution in [3.8, 4) is 0 Å². The number of hydrogen-bond donors (Lipinski definition) is 1. The Labute approximate surface area is 220 Å². The van der Waals surface area contributed by atoms with E-state index in [1.165, 1.54) is 7.11 Å². The fourth-order valence-electron chi connectivity index (χ4n) is 4.65. The minimum atomic E-state index is -0.802. The van der Waals surface area contributed by atoms with E-state index < -0.39 is 17.4 Å². The lowest BCUT2D eigenvalue weighted by Gasteiger charge is -2.36. The van der Waals surface area contributed by atoms with Crippen molar-refractivity contribution in [3.63, 3.8) is 0 Å². The summed E-state index contributed by atoms with van der Waals surface area (Å²) in [6.07, 6.45) is 0.458. The molecule has 182 valence electrons. The lowest BCUT2D eigenvalue weighted by atomic mass is 9.67. The molecule has 1 amide bonds. The summed E-state index contributed by atoms with van der Waals surface area (Å²) in [7, 11) is 1.34.